The van der Waals surface area contributed by atoms with Crippen LogP contribution in [0.25, 0.3) is 0 Å². The molecule has 37 heavy (non-hydrogen) atoms. The van der Waals surface area contributed by atoms with Crippen LogP contribution < -0.4 is 10.2 Å². The molecule has 0 bridgehead atoms. The zero-order valence-corrected chi connectivity index (χ0v) is 20.5. The number of allylic oxidation sites excluding steroid dienone is 2. The summed E-state index contributed by atoms with van der Waals surface area (Å²) in [5.41, 5.74) is 1.39. The lowest BCUT2D eigenvalue weighted by atomic mass is 9.85. The van der Waals surface area contributed by atoms with Crippen LogP contribution in [0.5, 0.6) is 0 Å². The molecular formula is C28H28N2O7. The number of hydrogen-bond acceptors (Lipinski definition) is 7. The van der Waals surface area contributed by atoms with Gasteiger partial charge in [0, 0.05) is 5.69 Å². The fourth-order valence-electron chi connectivity index (χ4n) is 4.30. The second kappa shape index (κ2) is 11.6. The summed E-state index contributed by atoms with van der Waals surface area (Å²) in [4.78, 5) is 63.1. The highest BCUT2D eigenvalue weighted by Crippen LogP contribution is 2.37. The average molecular weight is 505 g/mol. The predicted octanol–water partition coefficient (Wildman–Crippen LogP) is 3.89. The Morgan fingerprint density at radius 3 is 1.95 bits per heavy atom. The van der Waals surface area contributed by atoms with Crippen molar-refractivity contribution in [2.24, 2.45) is 11.8 Å². The third-order valence-electron chi connectivity index (χ3n) is 6.34. The second-order valence-corrected chi connectivity index (χ2v) is 8.91. The number of anilines is 2. The monoisotopic (exact) mass is 504 g/mol. The first-order valence-corrected chi connectivity index (χ1v) is 12.3. The van der Waals surface area contributed by atoms with Gasteiger partial charge in [0.1, 0.15) is 0 Å². The molecule has 9 heteroatoms. The third kappa shape index (κ3) is 5.94. The van der Waals surface area contributed by atoms with Crippen LogP contribution >= 0.6 is 0 Å². The van der Waals surface area contributed by atoms with Gasteiger partial charge in [-0.15, -0.1) is 0 Å². The van der Waals surface area contributed by atoms with Crippen molar-refractivity contribution in [3.05, 3.63) is 71.8 Å². The first-order chi connectivity index (χ1) is 17.9. The van der Waals surface area contributed by atoms with E-state index >= 15 is 0 Å². The van der Waals surface area contributed by atoms with Crippen molar-refractivity contribution in [2.75, 3.05) is 23.4 Å². The Kier molecular flexibility index (Phi) is 8.12. The summed E-state index contributed by atoms with van der Waals surface area (Å²) in [6.07, 6.45) is 6.66. The SMILES string of the molecule is CCCCOC(=O)c1ccc(NC(=O)COC(=O)c2ccc(N3C(=O)[C@H]4CC=CC[C@@H]4C3=O)cc2)cc1. The van der Waals surface area contributed by atoms with Gasteiger partial charge >= 0.3 is 11.9 Å². The van der Waals surface area contributed by atoms with Crippen LogP contribution in [-0.4, -0.2) is 42.9 Å². The van der Waals surface area contributed by atoms with E-state index in [-0.39, 0.29) is 29.2 Å². The fraction of sp³-hybridized carbons (Fsp3) is 0.321. The minimum absolute atomic E-state index is 0.181. The first kappa shape index (κ1) is 25.8. The van der Waals surface area contributed by atoms with Crippen molar-refractivity contribution in [2.45, 2.75) is 32.6 Å². The quantitative estimate of drug-likeness (QED) is 0.238. The second-order valence-electron chi connectivity index (χ2n) is 8.91. The summed E-state index contributed by atoms with van der Waals surface area (Å²) in [5, 5.41) is 2.59. The lowest BCUT2D eigenvalue weighted by Gasteiger charge is -2.15. The maximum Gasteiger partial charge on any atom is 0.338 e. The Labute approximate surface area is 214 Å². The van der Waals surface area contributed by atoms with Crippen LogP contribution in [0.15, 0.2) is 60.7 Å². The summed E-state index contributed by atoms with van der Waals surface area (Å²) >= 11 is 0. The summed E-state index contributed by atoms with van der Waals surface area (Å²) < 4.78 is 10.2. The number of ether oxygens (including phenoxy) is 2. The van der Waals surface area contributed by atoms with Crippen molar-refractivity contribution in [3.8, 4) is 0 Å². The molecule has 1 saturated heterocycles. The van der Waals surface area contributed by atoms with Crippen LogP contribution in [-0.2, 0) is 23.9 Å². The van der Waals surface area contributed by atoms with Gasteiger partial charge in [0.15, 0.2) is 6.61 Å². The number of unbranched alkanes of at least 4 members (excludes halogenated alkanes) is 1. The summed E-state index contributed by atoms with van der Waals surface area (Å²) in [7, 11) is 0. The van der Waals surface area contributed by atoms with E-state index in [0.717, 1.165) is 12.8 Å². The van der Waals surface area contributed by atoms with Gasteiger partial charge in [-0.1, -0.05) is 25.5 Å². The van der Waals surface area contributed by atoms with E-state index in [9.17, 15) is 24.0 Å². The van der Waals surface area contributed by atoms with E-state index in [1.54, 1.807) is 24.3 Å². The molecule has 3 amide bonds. The highest BCUT2D eigenvalue weighted by molar-refractivity contribution is 6.22. The van der Waals surface area contributed by atoms with Crippen molar-refractivity contribution >= 4 is 41.0 Å². The first-order valence-electron chi connectivity index (χ1n) is 12.3. The standard InChI is InChI=1S/C28H28N2O7/c1-2-3-16-36-27(34)18-8-12-20(13-9-18)29-24(31)17-37-28(35)19-10-14-21(15-11-19)30-25(32)22-6-4-5-7-23(22)26(30)33/h4-5,8-15,22-23H,2-3,6-7,16-17H2,1H3,(H,29,31)/t22-,23-/m0/s1. The van der Waals surface area contributed by atoms with Gasteiger partial charge in [-0.3, -0.25) is 19.3 Å². The highest BCUT2D eigenvalue weighted by Gasteiger charge is 2.47. The number of rotatable bonds is 9. The molecule has 0 saturated carbocycles. The molecule has 0 radical (unpaired) electrons. The molecule has 1 heterocycles. The summed E-state index contributed by atoms with van der Waals surface area (Å²) in [6.45, 7) is 1.85. The molecule has 0 unspecified atom stereocenters. The average Bonchev–Trinajstić information content (AvgIpc) is 3.17. The summed E-state index contributed by atoms with van der Waals surface area (Å²) in [5.74, 6) is -2.83. The Hall–Kier alpha value is -4.27. The van der Waals surface area contributed by atoms with Gasteiger partial charge in [-0.05, 0) is 67.8 Å². The van der Waals surface area contributed by atoms with E-state index in [1.165, 1.54) is 29.2 Å². The number of benzene rings is 2. The number of carbonyl (C=O) groups excluding carboxylic acids is 5. The minimum Gasteiger partial charge on any atom is -0.462 e. The zero-order valence-electron chi connectivity index (χ0n) is 20.5. The molecule has 1 fully saturated rings. The number of carbonyl (C=O) groups is 5. The Morgan fingerprint density at radius 1 is 0.838 bits per heavy atom. The zero-order chi connectivity index (χ0) is 26.4. The van der Waals surface area contributed by atoms with E-state index in [0.29, 0.717) is 36.4 Å². The maximum atomic E-state index is 12.7. The van der Waals surface area contributed by atoms with Crippen molar-refractivity contribution < 1.29 is 33.4 Å². The van der Waals surface area contributed by atoms with E-state index < -0.39 is 24.5 Å². The minimum atomic E-state index is -0.719. The molecule has 4 rings (SSSR count). The number of hydrogen-bond donors (Lipinski definition) is 1. The Bertz CT molecular complexity index is 1190. The normalized spacial score (nSPS) is 18.4. The Morgan fingerprint density at radius 2 is 1.38 bits per heavy atom. The molecule has 9 nitrogen and oxygen atoms in total. The van der Waals surface area contributed by atoms with Gasteiger partial charge in [0.05, 0.1) is 35.3 Å². The topological polar surface area (TPSA) is 119 Å². The molecule has 2 aromatic rings. The highest BCUT2D eigenvalue weighted by atomic mass is 16.5. The lowest BCUT2D eigenvalue weighted by molar-refractivity contribution is -0.122. The van der Waals surface area contributed by atoms with Crippen LogP contribution in [0.4, 0.5) is 11.4 Å². The van der Waals surface area contributed by atoms with Crippen LogP contribution in [0, 0.1) is 11.8 Å². The predicted molar refractivity (Wildman–Crippen MR) is 135 cm³/mol. The van der Waals surface area contributed by atoms with Gasteiger partial charge < -0.3 is 14.8 Å². The number of amides is 3. The van der Waals surface area contributed by atoms with Gasteiger partial charge in [0.25, 0.3) is 5.91 Å². The number of nitrogens with zero attached hydrogens (tertiary/aromatic N) is 1. The molecule has 2 aromatic carbocycles. The van der Waals surface area contributed by atoms with Crippen LogP contribution in [0.1, 0.15) is 53.3 Å². The van der Waals surface area contributed by atoms with E-state index in [4.69, 9.17) is 9.47 Å². The molecule has 1 N–H and O–H groups in total. The molecule has 0 aromatic heterocycles. The Balaban J connectivity index is 1.27. The lowest BCUT2D eigenvalue weighted by Crippen LogP contribution is -2.30. The largest absolute Gasteiger partial charge is 0.462 e. The number of imide groups is 1. The number of esters is 2. The van der Waals surface area contributed by atoms with Gasteiger partial charge in [-0.25, -0.2) is 9.59 Å². The van der Waals surface area contributed by atoms with Crippen LogP contribution in [0.2, 0.25) is 0 Å². The van der Waals surface area contributed by atoms with Crippen molar-refractivity contribution in [3.63, 3.8) is 0 Å². The molecule has 2 aliphatic rings. The maximum absolute atomic E-state index is 12.7. The van der Waals surface area contributed by atoms with E-state index in [2.05, 4.69) is 5.32 Å². The smallest absolute Gasteiger partial charge is 0.338 e. The molecule has 2 atom stereocenters. The van der Waals surface area contributed by atoms with Crippen molar-refractivity contribution in [1.82, 2.24) is 0 Å². The number of fused-ring (bicyclic) bond motifs is 1. The van der Waals surface area contributed by atoms with Crippen molar-refractivity contribution in [1.29, 1.82) is 0 Å². The molecule has 192 valence electrons. The molecule has 0 spiro atoms. The third-order valence-corrected chi connectivity index (χ3v) is 6.34. The van der Waals surface area contributed by atoms with Gasteiger partial charge in [-0.2, -0.15) is 0 Å². The summed E-state index contributed by atoms with van der Waals surface area (Å²) in [6, 6.07) is 12.1. The molecular weight excluding hydrogens is 476 g/mol. The van der Waals surface area contributed by atoms with Crippen LogP contribution in [0.3, 0.4) is 0 Å². The molecule has 1 aliphatic carbocycles. The fourth-order valence-corrected chi connectivity index (χ4v) is 4.30. The number of nitrogens with one attached hydrogen (secondary N) is 1. The molecule has 1 aliphatic heterocycles. The van der Waals surface area contributed by atoms with Gasteiger partial charge in [0.2, 0.25) is 11.8 Å². The van der Waals surface area contributed by atoms with E-state index in [1.807, 2.05) is 19.1 Å².